The summed E-state index contributed by atoms with van der Waals surface area (Å²) in [6.45, 7) is 5.01. The Hall–Kier alpha value is -2.05. The van der Waals surface area contributed by atoms with Gasteiger partial charge in [-0.2, -0.15) is 0 Å². The van der Waals surface area contributed by atoms with E-state index in [-0.39, 0.29) is 35.3 Å². The van der Waals surface area contributed by atoms with Crippen molar-refractivity contribution >= 4 is 17.9 Å². The Morgan fingerprint density at radius 3 is 2.48 bits per heavy atom. The zero-order valence-electron chi connectivity index (χ0n) is 17.5. The number of hydrogen-bond acceptors (Lipinski definition) is 4. The molecule has 0 unspecified atom stereocenters. The number of allylic oxidation sites excluding steroid dienone is 1. The summed E-state index contributed by atoms with van der Waals surface area (Å²) < 4.78 is 5.05. The second kappa shape index (κ2) is 8.36. The van der Waals surface area contributed by atoms with Gasteiger partial charge in [0.25, 0.3) is 0 Å². The SMILES string of the molecule is CCOC(=O)N1CCC(NC(=O)[C@@H]2CC23CCN(C(=O)C2=CCCC2)CC3)CC1. The molecule has 0 aromatic rings. The largest absolute Gasteiger partial charge is 0.450 e. The van der Waals surface area contributed by atoms with Crippen molar-refractivity contribution in [1.29, 1.82) is 0 Å². The lowest BCUT2D eigenvalue weighted by atomic mass is 9.90. The van der Waals surface area contributed by atoms with Crippen LogP contribution in [0.3, 0.4) is 0 Å². The van der Waals surface area contributed by atoms with E-state index in [1.54, 1.807) is 4.90 Å². The molecule has 2 aliphatic carbocycles. The van der Waals surface area contributed by atoms with Crippen LogP contribution >= 0.6 is 0 Å². The Morgan fingerprint density at radius 2 is 1.86 bits per heavy atom. The average molecular weight is 404 g/mol. The molecule has 0 bridgehead atoms. The Morgan fingerprint density at radius 1 is 1.14 bits per heavy atom. The molecule has 29 heavy (non-hydrogen) atoms. The number of likely N-dealkylation sites (tertiary alicyclic amines) is 2. The van der Waals surface area contributed by atoms with Crippen LogP contribution in [-0.2, 0) is 14.3 Å². The number of amides is 3. The van der Waals surface area contributed by atoms with Crippen molar-refractivity contribution in [2.75, 3.05) is 32.8 Å². The van der Waals surface area contributed by atoms with Gasteiger partial charge in [-0.25, -0.2) is 4.79 Å². The smallest absolute Gasteiger partial charge is 0.409 e. The number of carbonyl (C=O) groups is 3. The second-order valence-corrected chi connectivity index (χ2v) is 9.00. The number of piperidine rings is 2. The molecule has 2 aliphatic heterocycles. The predicted molar refractivity (Wildman–Crippen MR) is 108 cm³/mol. The molecule has 3 amide bonds. The summed E-state index contributed by atoms with van der Waals surface area (Å²) in [7, 11) is 0. The molecule has 4 aliphatic rings. The van der Waals surface area contributed by atoms with E-state index >= 15 is 0 Å². The number of carbonyl (C=O) groups excluding carboxylic acids is 3. The summed E-state index contributed by atoms with van der Waals surface area (Å²) in [5.41, 5.74) is 1.09. The minimum Gasteiger partial charge on any atom is -0.450 e. The number of nitrogens with zero attached hydrogens (tertiary/aromatic N) is 2. The van der Waals surface area contributed by atoms with E-state index in [2.05, 4.69) is 11.4 Å². The van der Waals surface area contributed by atoms with Crippen LogP contribution in [0.15, 0.2) is 11.6 Å². The van der Waals surface area contributed by atoms with Crippen LogP contribution in [0.4, 0.5) is 4.79 Å². The molecule has 1 saturated carbocycles. The van der Waals surface area contributed by atoms with Gasteiger partial charge in [0.05, 0.1) is 6.61 Å². The van der Waals surface area contributed by atoms with E-state index < -0.39 is 0 Å². The zero-order valence-corrected chi connectivity index (χ0v) is 17.5. The molecular formula is C22H33N3O4. The highest BCUT2D eigenvalue weighted by Gasteiger charge is 2.59. The molecule has 2 heterocycles. The molecule has 0 aromatic carbocycles. The summed E-state index contributed by atoms with van der Waals surface area (Å²) >= 11 is 0. The maximum Gasteiger partial charge on any atom is 0.409 e. The standard InChI is InChI=1S/C22H33N3O4/c1-2-29-21(28)25-11-7-17(8-12-25)23-19(26)18-15-22(18)9-13-24(14-10-22)20(27)16-5-3-4-6-16/h5,17-18H,2-4,6-15H2,1H3,(H,23,26)/t18-/m0/s1. The maximum absolute atomic E-state index is 12.8. The highest BCUT2D eigenvalue weighted by atomic mass is 16.6. The monoisotopic (exact) mass is 403 g/mol. The first-order chi connectivity index (χ1) is 14.0. The summed E-state index contributed by atoms with van der Waals surface area (Å²) in [6.07, 6.45) is 9.26. The van der Waals surface area contributed by atoms with Crippen molar-refractivity contribution in [3.63, 3.8) is 0 Å². The topological polar surface area (TPSA) is 79.0 Å². The molecule has 4 rings (SSSR count). The summed E-state index contributed by atoms with van der Waals surface area (Å²) in [5.74, 6) is 0.471. The van der Waals surface area contributed by atoms with Crippen LogP contribution < -0.4 is 5.32 Å². The average Bonchev–Trinajstić information content (AvgIpc) is 3.16. The van der Waals surface area contributed by atoms with Gasteiger partial charge < -0.3 is 19.9 Å². The number of nitrogens with one attached hydrogen (secondary N) is 1. The number of ether oxygens (including phenoxy) is 1. The fourth-order valence-corrected chi connectivity index (χ4v) is 5.22. The first-order valence-electron chi connectivity index (χ1n) is 11.2. The van der Waals surface area contributed by atoms with E-state index in [1.165, 1.54) is 0 Å². The quantitative estimate of drug-likeness (QED) is 0.782. The third-order valence-corrected chi connectivity index (χ3v) is 7.24. The Labute approximate surface area is 172 Å². The molecule has 0 aromatic heterocycles. The first-order valence-corrected chi connectivity index (χ1v) is 11.2. The molecule has 3 fully saturated rings. The predicted octanol–water partition coefficient (Wildman–Crippen LogP) is 2.46. The fourth-order valence-electron chi connectivity index (χ4n) is 5.22. The molecule has 7 heteroatoms. The van der Waals surface area contributed by atoms with Crippen molar-refractivity contribution in [1.82, 2.24) is 15.1 Å². The van der Waals surface area contributed by atoms with Gasteiger partial charge in [-0.05, 0) is 63.7 Å². The highest BCUT2D eigenvalue weighted by molar-refractivity contribution is 5.94. The van der Waals surface area contributed by atoms with Crippen LogP contribution in [-0.4, -0.2) is 66.5 Å². The highest BCUT2D eigenvalue weighted by Crippen LogP contribution is 2.59. The Kier molecular flexibility index (Phi) is 5.83. The van der Waals surface area contributed by atoms with E-state index in [9.17, 15) is 14.4 Å². The minimum atomic E-state index is -0.256. The molecule has 1 N–H and O–H groups in total. The van der Waals surface area contributed by atoms with Crippen molar-refractivity contribution in [2.24, 2.45) is 11.3 Å². The maximum atomic E-state index is 12.8. The molecule has 1 atom stereocenters. The van der Waals surface area contributed by atoms with Gasteiger partial charge in [0, 0.05) is 43.7 Å². The van der Waals surface area contributed by atoms with Crippen LogP contribution in [0, 0.1) is 11.3 Å². The van der Waals surface area contributed by atoms with E-state index in [4.69, 9.17) is 4.74 Å². The third kappa shape index (κ3) is 4.28. The fraction of sp³-hybridized carbons (Fsp3) is 0.773. The van der Waals surface area contributed by atoms with Crippen molar-refractivity contribution in [3.05, 3.63) is 11.6 Å². The Balaban J connectivity index is 1.20. The summed E-state index contributed by atoms with van der Waals surface area (Å²) in [6, 6.07) is 0.141. The summed E-state index contributed by atoms with van der Waals surface area (Å²) in [4.78, 5) is 40.8. The summed E-state index contributed by atoms with van der Waals surface area (Å²) in [5, 5.41) is 3.22. The normalized spacial score (nSPS) is 26.2. The lowest BCUT2D eigenvalue weighted by Crippen LogP contribution is -2.47. The molecular weight excluding hydrogens is 370 g/mol. The van der Waals surface area contributed by atoms with E-state index in [0.29, 0.717) is 19.7 Å². The van der Waals surface area contributed by atoms with Gasteiger partial charge in [-0.1, -0.05) is 6.08 Å². The molecule has 2 saturated heterocycles. The van der Waals surface area contributed by atoms with Crippen LogP contribution in [0.2, 0.25) is 0 Å². The molecule has 7 nitrogen and oxygen atoms in total. The van der Waals surface area contributed by atoms with Crippen molar-refractivity contribution in [3.8, 4) is 0 Å². The van der Waals surface area contributed by atoms with Crippen LogP contribution in [0.5, 0.6) is 0 Å². The number of rotatable bonds is 4. The van der Waals surface area contributed by atoms with Crippen LogP contribution in [0.1, 0.15) is 58.3 Å². The first kappa shape index (κ1) is 20.2. The Bertz CT molecular complexity index is 688. The lowest BCUT2D eigenvalue weighted by molar-refractivity contribution is -0.129. The van der Waals surface area contributed by atoms with Gasteiger partial charge in [-0.15, -0.1) is 0 Å². The van der Waals surface area contributed by atoms with Gasteiger partial charge in [-0.3, -0.25) is 9.59 Å². The molecule has 1 spiro atoms. The third-order valence-electron chi connectivity index (χ3n) is 7.24. The second-order valence-electron chi connectivity index (χ2n) is 9.00. The zero-order chi connectivity index (χ0) is 20.4. The van der Waals surface area contributed by atoms with Crippen LogP contribution in [0.25, 0.3) is 0 Å². The van der Waals surface area contributed by atoms with E-state index in [0.717, 1.165) is 70.0 Å². The van der Waals surface area contributed by atoms with Gasteiger partial charge in [0.1, 0.15) is 0 Å². The van der Waals surface area contributed by atoms with Gasteiger partial charge in [0.2, 0.25) is 11.8 Å². The van der Waals surface area contributed by atoms with Gasteiger partial charge >= 0.3 is 6.09 Å². The van der Waals surface area contributed by atoms with Crippen molar-refractivity contribution < 1.29 is 19.1 Å². The van der Waals surface area contributed by atoms with Gasteiger partial charge in [0.15, 0.2) is 0 Å². The van der Waals surface area contributed by atoms with E-state index in [1.807, 2.05) is 11.8 Å². The lowest BCUT2D eigenvalue weighted by Gasteiger charge is -2.34. The van der Waals surface area contributed by atoms with Crippen molar-refractivity contribution in [2.45, 2.75) is 64.3 Å². The molecule has 0 radical (unpaired) electrons. The minimum absolute atomic E-state index is 0.0912. The molecule has 160 valence electrons. The number of hydrogen-bond donors (Lipinski definition) is 1.